The van der Waals surface area contributed by atoms with Crippen molar-refractivity contribution in [2.75, 3.05) is 33.3 Å². The number of amides is 2. The average Bonchev–Trinajstić information content (AvgIpc) is 3.27. The smallest absolute Gasteiger partial charge is 0.254 e. The molecule has 0 radical (unpaired) electrons. The van der Waals surface area contributed by atoms with E-state index >= 15 is 0 Å². The quantitative estimate of drug-likeness (QED) is 0.877. The lowest BCUT2D eigenvalue weighted by atomic mass is 9.74. The van der Waals surface area contributed by atoms with E-state index in [-0.39, 0.29) is 23.1 Å². The van der Waals surface area contributed by atoms with E-state index in [0.29, 0.717) is 0 Å². The van der Waals surface area contributed by atoms with Crippen molar-refractivity contribution < 1.29 is 14.3 Å². The van der Waals surface area contributed by atoms with Crippen molar-refractivity contribution in [1.29, 1.82) is 0 Å². The molecule has 1 unspecified atom stereocenters. The van der Waals surface area contributed by atoms with Gasteiger partial charge in [0.1, 0.15) is 5.60 Å². The van der Waals surface area contributed by atoms with E-state index in [4.69, 9.17) is 4.74 Å². The van der Waals surface area contributed by atoms with E-state index in [1.54, 1.807) is 7.11 Å². The third-order valence-electron chi connectivity index (χ3n) is 7.13. The number of nitrogens with one attached hydrogen (secondary N) is 1. The number of nitrogens with zero attached hydrogens (tertiary/aromatic N) is 3. The monoisotopic (exact) mass is 358 g/mol. The number of hydrogen-bond acceptors (Lipinski definition) is 4. The van der Waals surface area contributed by atoms with Crippen molar-refractivity contribution in [1.82, 2.24) is 20.0 Å². The highest BCUT2D eigenvalue weighted by molar-refractivity contribution is 5.87. The van der Waals surface area contributed by atoms with Crippen LogP contribution in [0.1, 0.15) is 49.3 Å². The number of H-pyrrole nitrogens is 1. The molecule has 2 aliphatic heterocycles. The van der Waals surface area contributed by atoms with Crippen molar-refractivity contribution >= 4 is 11.8 Å². The Balaban J connectivity index is 1.21. The topological polar surface area (TPSA) is 78.5 Å². The van der Waals surface area contributed by atoms with E-state index in [1.807, 2.05) is 16.0 Å². The fourth-order valence-electron chi connectivity index (χ4n) is 5.31. The normalized spacial score (nSPS) is 28.0. The predicted octanol–water partition coefficient (Wildman–Crippen LogP) is 1.07. The van der Waals surface area contributed by atoms with Crippen LogP contribution in [-0.2, 0) is 20.7 Å². The highest BCUT2D eigenvalue weighted by Crippen LogP contribution is 2.45. The Kier molecular flexibility index (Phi) is 3.48. The number of aromatic nitrogens is 2. The number of aromatic amines is 1. The average molecular weight is 358 g/mol. The van der Waals surface area contributed by atoms with Crippen LogP contribution < -0.4 is 0 Å². The molecule has 0 aromatic carbocycles. The first-order valence-electron chi connectivity index (χ1n) is 9.71. The van der Waals surface area contributed by atoms with Crippen molar-refractivity contribution in [3.63, 3.8) is 0 Å². The summed E-state index contributed by atoms with van der Waals surface area (Å²) in [6.45, 7) is 3.10. The van der Waals surface area contributed by atoms with E-state index in [2.05, 4.69) is 10.2 Å². The molecule has 2 aliphatic carbocycles. The van der Waals surface area contributed by atoms with Crippen LogP contribution in [0.3, 0.4) is 0 Å². The van der Waals surface area contributed by atoms with E-state index in [1.165, 1.54) is 5.56 Å². The minimum atomic E-state index is -0.559. The summed E-state index contributed by atoms with van der Waals surface area (Å²) in [5, 5.41) is 7.10. The molecule has 4 aliphatic rings. The zero-order valence-electron chi connectivity index (χ0n) is 15.3. The number of methoxy groups -OCH3 is 1. The molecule has 2 saturated heterocycles. The fourth-order valence-corrected chi connectivity index (χ4v) is 5.31. The van der Waals surface area contributed by atoms with Gasteiger partial charge in [0, 0.05) is 38.7 Å². The summed E-state index contributed by atoms with van der Waals surface area (Å²) in [7, 11) is 1.65. The van der Waals surface area contributed by atoms with Gasteiger partial charge in [-0.15, -0.1) is 0 Å². The molecular weight excluding hydrogens is 332 g/mol. The zero-order valence-corrected chi connectivity index (χ0v) is 15.3. The number of fused-ring (bicyclic) bond motifs is 1. The molecule has 7 nitrogen and oxygen atoms in total. The molecule has 1 aromatic rings. The van der Waals surface area contributed by atoms with Gasteiger partial charge in [-0.05, 0) is 44.1 Å². The van der Waals surface area contributed by atoms with Gasteiger partial charge < -0.3 is 14.5 Å². The van der Waals surface area contributed by atoms with Gasteiger partial charge in [-0.3, -0.25) is 14.7 Å². The van der Waals surface area contributed by atoms with Crippen LogP contribution in [0.5, 0.6) is 0 Å². The minimum Gasteiger partial charge on any atom is -0.368 e. The number of aryl methyl sites for hydroxylation is 1. The molecule has 1 aromatic heterocycles. The summed E-state index contributed by atoms with van der Waals surface area (Å²) in [6.07, 6.45) is 7.39. The third kappa shape index (κ3) is 2.19. The number of rotatable bonds is 3. The van der Waals surface area contributed by atoms with Gasteiger partial charge in [0.2, 0.25) is 5.91 Å². The summed E-state index contributed by atoms with van der Waals surface area (Å²) < 4.78 is 5.53. The maximum absolute atomic E-state index is 13.0. The Bertz CT molecular complexity index is 742. The number of ether oxygens (including phenoxy) is 1. The van der Waals surface area contributed by atoms with Crippen molar-refractivity contribution in [2.45, 2.75) is 50.0 Å². The molecular formula is C19H26N4O3. The Morgan fingerprint density at radius 2 is 2.00 bits per heavy atom. The molecule has 3 heterocycles. The van der Waals surface area contributed by atoms with E-state index in [9.17, 15) is 9.59 Å². The van der Waals surface area contributed by atoms with Crippen molar-refractivity contribution in [3.05, 3.63) is 17.5 Å². The van der Waals surface area contributed by atoms with Gasteiger partial charge in [-0.2, -0.15) is 5.10 Å². The molecule has 5 rings (SSSR count). The SMILES string of the molecule is COC1(C(=O)N2CC3(CCN(C(=O)C4CCc5cn[nH]c54)C3)C2)CCC1. The minimum absolute atomic E-state index is 0.0628. The van der Waals surface area contributed by atoms with Gasteiger partial charge in [0.05, 0.1) is 17.8 Å². The van der Waals surface area contributed by atoms with Gasteiger partial charge >= 0.3 is 0 Å². The molecule has 7 heteroatoms. The first-order chi connectivity index (χ1) is 12.6. The second-order valence-electron chi connectivity index (χ2n) is 8.62. The van der Waals surface area contributed by atoms with Crippen LogP contribution >= 0.6 is 0 Å². The summed E-state index contributed by atoms with van der Waals surface area (Å²) in [5.41, 5.74) is 1.73. The first-order valence-corrected chi connectivity index (χ1v) is 9.71. The number of carbonyl (C=O) groups is 2. The Morgan fingerprint density at radius 3 is 2.69 bits per heavy atom. The van der Waals surface area contributed by atoms with Crippen LogP contribution in [0.2, 0.25) is 0 Å². The number of hydrogen-bond donors (Lipinski definition) is 1. The fraction of sp³-hybridized carbons (Fsp3) is 0.737. The molecule has 1 spiro atoms. The van der Waals surface area contributed by atoms with Crippen molar-refractivity contribution in [2.24, 2.45) is 5.41 Å². The second kappa shape index (κ2) is 5.55. The summed E-state index contributed by atoms with van der Waals surface area (Å²) in [4.78, 5) is 29.7. The molecule has 2 amide bonds. The maximum atomic E-state index is 13.0. The van der Waals surface area contributed by atoms with Gasteiger partial charge in [0.15, 0.2) is 0 Å². The standard InChI is InChI=1S/C19H26N4O3/c1-26-19(5-2-6-19)17(25)23-11-18(12-23)7-8-22(10-18)16(24)14-4-3-13-9-20-21-15(13)14/h9,14H,2-8,10-12H2,1H3,(H,20,21). The maximum Gasteiger partial charge on any atom is 0.254 e. The highest BCUT2D eigenvalue weighted by Gasteiger charge is 2.56. The van der Waals surface area contributed by atoms with Gasteiger partial charge in [-0.1, -0.05) is 0 Å². The van der Waals surface area contributed by atoms with Crippen LogP contribution in [0.25, 0.3) is 0 Å². The highest BCUT2D eigenvalue weighted by atomic mass is 16.5. The van der Waals surface area contributed by atoms with Crippen molar-refractivity contribution in [3.8, 4) is 0 Å². The van der Waals surface area contributed by atoms with E-state index in [0.717, 1.165) is 70.4 Å². The largest absolute Gasteiger partial charge is 0.368 e. The van der Waals surface area contributed by atoms with Gasteiger partial charge in [-0.25, -0.2) is 0 Å². The zero-order chi connectivity index (χ0) is 17.9. The Morgan fingerprint density at radius 1 is 1.23 bits per heavy atom. The van der Waals surface area contributed by atoms with Crippen LogP contribution in [0.15, 0.2) is 6.20 Å². The second-order valence-corrected chi connectivity index (χ2v) is 8.62. The number of likely N-dealkylation sites (tertiary alicyclic amines) is 2. The Labute approximate surface area is 153 Å². The van der Waals surface area contributed by atoms with Crippen LogP contribution in [0, 0.1) is 5.41 Å². The lowest BCUT2D eigenvalue weighted by Crippen LogP contribution is -2.66. The molecule has 26 heavy (non-hydrogen) atoms. The molecule has 1 atom stereocenters. The lowest BCUT2D eigenvalue weighted by Gasteiger charge is -2.52. The predicted molar refractivity (Wildman–Crippen MR) is 93.5 cm³/mol. The molecule has 1 saturated carbocycles. The summed E-state index contributed by atoms with van der Waals surface area (Å²) >= 11 is 0. The molecule has 1 N–H and O–H groups in total. The molecule has 0 bridgehead atoms. The Hall–Kier alpha value is -1.89. The summed E-state index contributed by atoms with van der Waals surface area (Å²) in [6, 6.07) is 0. The molecule has 140 valence electrons. The third-order valence-corrected chi connectivity index (χ3v) is 7.13. The lowest BCUT2D eigenvalue weighted by molar-refractivity contribution is -0.177. The molecule has 3 fully saturated rings. The van der Waals surface area contributed by atoms with E-state index < -0.39 is 5.60 Å². The summed E-state index contributed by atoms with van der Waals surface area (Å²) in [5.74, 6) is 0.314. The number of carbonyl (C=O) groups excluding carboxylic acids is 2. The van der Waals surface area contributed by atoms with Crippen LogP contribution in [-0.4, -0.2) is 70.7 Å². The first kappa shape index (κ1) is 16.3. The van der Waals surface area contributed by atoms with Crippen LogP contribution in [0.4, 0.5) is 0 Å². The van der Waals surface area contributed by atoms with Gasteiger partial charge in [0.25, 0.3) is 5.91 Å².